The van der Waals surface area contributed by atoms with E-state index in [2.05, 4.69) is 20.6 Å². The smallest absolute Gasteiger partial charge is 0.352 e. The van der Waals surface area contributed by atoms with Crippen LogP contribution in [0.2, 0.25) is 0 Å². The molecule has 1 aromatic rings. The van der Waals surface area contributed by atoms with Crippen molar-refractivity contribution in [3.63, 3.8) is 0 Å². The number of amides is 4. The first-order valence-corrected chi connectivity index (χ1v) is 13.9. The number of quaternary nitrogens is 1. The summed E-state index contributed by atoms with van der Waals surface area (Å²) in [4.78, 5) is 70.5. The van der Waals surface area contributed by atoms with E-state index in [0.29, 0.717) is 12.1 Å². The monoisotopic (exact) mass is 589 g/mol. The number of anilines is 1. The summed E-state index contributed by atoms with van der Waals surface area (Å²) in [6, 6.07) is 0.935. The number of nitriles is 1. The number of aromatic nitrogens is 1. The van der Waals surface area contributed by atoms with Gasteiger partial charge >= 0.3 is 5.97 Å². The van der Waals surface area contributed by atoms with Crippen LogP contribution < -0.4 is 16.4 Å². The maximum atomic E-state index is 13.2. The molecule has 3 rings (SSSR count). The van der Waals surface area contributed by atoms with Crippen molar-refractivity contribution in [1.29, 1.82) is 5.26 Å². The first-order chi connectivity index (χ1) is 18.8. The molecule has 1 saturated heterocycles. The molecule has 5 N–H and O–H groups in total. The number of hydrogen-bond donors (Lipinski definition) is 4. The molecule has 2 aliphatic rings. The zero-order valence-electron chi connectivity index (χ0n) is 22.0. The highest BCUT2D eigenvalue weighted by Crippen LogP contribution is 2.40. The number of nitrogens with one attached hydrogen (secondary N) is 2. The Labute approximate surface area is 238 Å². The summed E-state index contributed by atoms with van der Waals surface area (Å²) in [7, 11) is 3.62. The quantitative estimate of drug-likeness (QED) is 0.109. The van der Waals surface area contributed by atoms with Crippen molar-refractivity contribution in [2.24, 2.45) is 10.7 Å². The van der Waals surface area contributed by atoms with Crippen molar-refractivity contribution in [3.05, 3.63) is 34.5 Å². The number of thioether (sulfide) groups is 1. The Morgan fingerprint density at radius 3 is 2.73 bits per heavy atom. The third kappa shape index (κ3) is 7.31. The second-order valence-electron chi connectivity index (χ2n) is 9.54. The van der Waals surface area contributed by atoms with E-state index in [0.717, 1.165) is 16.2 Å². The SMILES string of the molecule is CC(=O)Nc1nc(C(=NCCC#N)C(=O)N[C@@H]2C(=O)N3C(C(=O)O)=C(C=CC[N+](C)(C)CC(N)=O)CS[C@@H]23)cs1. The van der Waals surface area contributed by atoms with Gasteiger partial charge < -0.3 is 26.0 Å². The standard InChI is InChI=1S/C24H28N8O6S2/c1-13(33)28-24-29-15(12-40-24)17(27-8-5-7-25)20(35)30-18-21(36)31-19(23(37)38)14(11-39-22(18)31)6-4-9-32(2,3)10-16(26)34/h4,6,12,18,22H,5,8-11H2,1-3H3,(H4-,26,28,29,30,33,34,35,37,38)/p+1/t18-,22+/m1/s1. The summed E-state index contributed by atoms with van der Waals surface area (Å²) in [5.41, 5.74) is 5.60. The van der Waals surface area contributed by atoms with Gasteiger partial charge in [-0.05, 0) is 11.6 Å². The number of fused-ring (bicyclic) bond motifs is 1. The van der Waals surface area contributed by atoms with E-state index >= 15 is 0 Å². The average molecular weight is 590 g/mol. The molecule has 2 aliphatic heterocycles. The lowest BCUT2D eigenvalue weighted by molar-refractivity contribution is -0.876. The number of hydrogen-bond acceptors (Lipinski definition) is 10. The number of carbonyl (C=O) groups excluding carboxylic acids is 4. The molecule has 0 radical (unpaired) electrons. The molecule has 0 aliphatic carbocycles. The predicted molar refractivity (Wildman–Crippen MR) is 148 cm³/mol. The normalized spacial score (nSPS) is 19.1. The fourth-order valence-electron chi connectivity index (χ4n) is 4.02. The van der Waals surface area contributed by atoms with Gasteiger partial charge in [0.1, 0.15) is 28.5 Å². The Morgan fingerprint density at radius 2 is 2.10 bits per heavy atom. The molecule has 0 unspecified atom stereocenters. The number of thiazole rings is 1. The van der Waals surface area contributed by atoms with Crippen LogP contribution in [0.4, 0.5) is 5.13 Å². The molecule has 0 aromatic carbocycles. The minimum absolute atomic E-state index is 0.0196. The van der Waals surface area contributed by atoms with Crippen LogP contribution in [0, 0.1) is 11.3 Å². The molecule has 212 valence electrons. The van der Waals surface area contributed by atoms with Gasteiger partial charge in [0.05, 0.1) is 39.7 Å². The molecule has 2 atom stereocenters. The summed E-state index contributed by atoms with van der Waals surface area (Å²) in [5.74, 6) is -3.10. The number of β-lactam (4-membered cyclic amide) rings is 1. The summed E-state index contributed by atoms with van der Waals surface area (Å²) < 4.78 is 0.275. The van der Waals surface area contributed by atoms with Crippen LogP contribution in [0.3, 0.4) is 0 Å². The Morgan fingerprint density at radius 1 is 1.38 bits per heavy atom. The fourth-order valence-corrected chi connectivity index (χ4v) is 6.08. The minimum atomic E-state index is -1.28. The largest absolute Gasteiger partial charge is 0.477 e. The molecular weight excluding hydrogens is 560 g/mol. The lowest BCUT2D eigenvalue weighted by atomic mass is 10.0. The zero-order valence-corrected chi connectivity index (χ0v) is 23.7. The van der Waals surface area contributed by atoms with Crippen molar-refractivity contribution in [2.75, 3.05) is 44.8 Å². The highest BCUT2D eigenvalue weighted by molar-refractivity contribution is 8.00. The van der Waals surface area contributed by atoms with Crippen LogP contribution in [-0.2, 0) is 24.0 Å². The number of carbonyl (C=O) groups is 5. The molecule has 0 saturated carbocycles. The number of aliphatic imine (C=N–C) groups is 1. The molecule has 1 aromatic heterocycles. The van der Waals surface area contributed by atoms with E-state index in [1.54, 1.807) is 12.2 Å². The summed E-state index contributed by atoms with van der Waals surface area (Å²) in [6.07, 6.45) is 3.41. The first-order valence-electron chi connectivity index (χ1n) is 12.0. The van der Waals surface area contributed by atoms with E-state index in [4.69, 9.17) is 11.0 Å². The number of nitrogens with two attached hydrogens (primary N) is 1. The average Bonchev–Trinajstić information content (AvgIpc) is 3.30. The molecule has 14 nitrogen and oxygen atoms in total. The Hall–Kier alpha value is -4.07. The van der Waals surface area contributed by atoms with E-state index in [9.17, 15) is 29.1 Å². The van der Waals surface area contributed by atoms with Gasteiger partial charge in [0.2, 0.25) is 5.91 Å². The summed E-state index contributed by atoms with van der Waals surface area (Å²) in [6.45, 7) is 1.85. The lowest BCUT2D eigenvalue weighted by Crippen LogP contribution is -2.71. The number of allylic oxidation sites excluding steroid dienone is 1. The topological polar surface area (TPSA) is 208 Å². The number of carboxylic acid groups (broad SMARTS) is 1. The number of carboxylic acids is 1. The van der Waals surface area contributed by atoms with Crippen molar-refractivity contribution in [1.82, 2.24) is 15.2 Å². The van der Waals surface area contributed by atoms with Gasteiger partial charge in [0.15, 0.2) is 11.7 Å². The van der Waals surface area contributed by atoms with Crippen molar-refractivity contribution in [2.45, 2.75) is 24.8 Å². The number of aliphatic carboxylic acids is 1. The minimum Gasteiger partial charge on any atom is -0.477 e. The lowest BCUT2D eigenvalue weighted by Gasteiger charge is -2.49. The highest BCUT2D eigenvalue weighted by atomic mass is 32.2. The zero-order chi connectivity index (χ0) is 29.6. The van der Waals surface area contributed by atoms with Gasteiger partial charge in [0.25, 0.3) is 17.7 Å². The van der Waals surface area contributed by atoms with Crippen molar-refractivity contribution >= 4 is 63.5 Å². The van der Waals surface area contributed by atoms with Gasteiger partial charge in [-0.25, -0.2) is 9.78 Å². The van der Waals surface area contributed by atoms with E-state index in [1.807, 2.05) is 20.2 Å². The maximum Gasteiger partial charge on any atom is 0.352 e. The van der Waals surface area contributed by atoms with Crippen LogP contribution in [0.1, 0.15) is 19.0 Å². The second-order valence-corrected chi connectivity index (χ2v) is 11.5. The Kier molecular flexibility index (Phi) is 9.79. The molecular formula is C24H29N8O6S2+. The van der Waals surface area contributed by atoms with Gasteiger partial charge in [-0.3, -0.25) is 29.1 Å². The van der Waals surface area contributed by atoms with Crippen LogP contribution in [0.15, 0.2) is 33.8 Å². The van der Waals surface area contributed by atoms with Crippen LogP contribution in [0.25, 0.3) is 0 Å². The van der Waals surface area contributed by atoms with Gasteiger partial charge in [-0.15, -0.1) is 23.1 Å². The summed E-state index contributed by atoms with van der Waals surface area (Å²) in [5, 5.41) is 25.0. The van der Waals surface area contributed by atoms with Gasteiger partial charge in [-0.2, -0.15) is 5.26 Å². The molecule has 4 amide bonds. The van der Waals surface area contributed by atoms with Gasteiger partial charge in [0, 0.05) is 18.1 Å². The number of rotatable bonds is 12. The van der Waals surface area contributed by atoms with E-state index < -0.39 is 35.1 Å². The van der Waals surface area contributed by atoms with Crippen molar-refractivity contribution < 1.29 is 33.6 Å². The first kappa shape index (κ1) is 30.5. The molecule has 40 heavy (non-hydrogen) atoms. The Bertz CT molecular complexity index is 1360. The third-order valence-electron chi connectivity index (χ3n) is 5.73. The van der Waals surface area contributed by atoms with Crippen LogP contribution in [-0.4, -0.2) is 106 Å². The van der Waals surface area contributed by atoms with Crippen molar-refractivity contribution in [3.8, 4) is 6.07 Å². The van der Waals surface area contributed by atoms with E-state index in [-0.39, 0.29) is 57.9 Å². The molecule has 3 heterocycles. The molecule has 0 spiro atoms. The van der Waals surface area contributed by atoms with Crippen LogP contribution >= 0.6 is 23.1 Å². The highest BCUT2D eigenvalue weighted by Gasteiger charge is 2.54. The Balaban J connectivity index is 1.77. The number of likely N-dealkylation sites (N-methyl/N-ethyl adjacent to an activating group) is 1. The van der Waals surface area contributed by atoms with E-state index in [1.165, 1.54) is 24.1 Å². The molecule has 1 fully saturated rings. The predicted octanol–water partition coefficient (Wildman–Crippen LogP) is -0.339. The van der Waals surface area contributed by atoms with Crippen LogP contribution in [0.5, 0.6) is 0 Å². The molecule has 0 bridgehead atoms. The third-order valence-corrected chi connectivity index (χ3v) is 7.79. The maximum absolute atomic E-state index is 13.2. The summed E-state index contributed by atoms with van der Waals surface area (Å²) >= 11 is 2.38. The number of nitrogens with zero attached hydrogens (tertiary/aromatic N) is 5. The second kappa shape index (κ2) is 12.9. The van der Waals surface area contributed by atoms with Gasteiger partial charge in [-0.1, -0.05) is 6.08 Å². The number of primary amides is 1. The fraction of sp³-hybridized carbons (Fsp3) is 0.417. The molecule has 16 heteroatoms.